The molecule has 2 fully saturated rings. The fraction of sp³-hybridized carbons (Fsp3) is 0.571. The molecule has 2 bridgehead atoms. The molecular formula is C14H19FN2O3S. The minimum Gasteiger partial charge on any atom is -0.494 e. The number of rotatable bonds is 3. The normalized spacial score (nSPS) is 26.6. The molecule has 21 heavy (non-hydrogen) atoms. The molecule has 0 aromatic heterocycles. The lowest BCUT2D eigenvalue weighted by Gasteiger charge is -2.23. The number of methoxy groups -OCH3 is 1. The van der Waals surface area contributed by atoms with Crippen LogP contribution in [0.2, 0.25) is 0 Å². The van der Waals surface area contributed by atoms with Crippen LogP contribution in [0.1, 0.15) is 19.3 Å². The quantitative estimate of drug-likeness (QED) is 0.915. The van der Waals surface area contributed by atoms with Gasteiger partial charge in [0.1, 0.15) is 0 Å². The van der Waals surface area contributed by atoms with Crippen molar-refractivity contribution in [3.8, 4) is 5.75 Å². The second kappa shape index (κ2) is 5.55. The predicted octanol–water partition coefficient (Wildman–Crippen LogP) is 1.35. The van der Waals surface area contributed by atoms with Crippen molar-refractivity contribution in [2.45, 2.75) is 36.2 Å². The number of nitrogens with zero attached hydrogens (tertiary/aromatic N) is 1. The number of hydrogen-bond acceptors (Lipinski definition) is 4. The van der Waals surface area contributed by atoms with E-state index >= 15 is 0 Å². The van der Waals surface area contributed by atoms with Crippen LogP contribution in [0.25, 0.3) is 0 Å². The van der Waals surface area contributed by atoms with E-state index in [9.17, 15) is 12.8 Å². The molecule has 0 aliphatic carbocycles. The number of ether oxygens (including phenoxy) is 1. The first-order valence-corrected chi connectivity index (χ1v) is 8.54. The molecule has 0 radical (unpaired) electrons. The summed E-state index contributed by atoms with van der Waals surface area (Å²) in [6.07, 6.45) is 2.90. The number of halogens is 1. The summed E-state index contributed by atoms with van der Waals surface area (Å²) >= 11 is 0. The van der Waals surface area contributed by atoms with Gasteiger partial charge in [-0.3, -0.25) is 0 Å². The van der Waals surface area contributed by atoms with E-state index in [-0.39, 0.29) is 16.7 Å². The third kappa shape index (κ3) is 2.77. The number of nitrogens with one attached hydrogen (secondary N) is 1. The topological polar surface area (TPSA) is 58.6 Å². The number of fused-ring (bicyclic) bond motifs is 2. The zero-order chi connectivity index (χ0) is 15.0. The maximum atomic E-state index is 13.8. The molecule has 0 amide bonds. The fourth-order valence-electron chi connectivity index (χ4n) is 3.09. The number of hydrogen-bond donors (Lipinski definition) is 1. The molecule has 0 saturated carbocycles. The second-order valence-electron chi connectivity index (χ2n) is 5.59. The fourth-order valence-corrected chi connectivity index (χ4v) is 4.60. The highest BCUT2D eigenvalue weighted by Crippen LogP contribution is 2.27. The molecule has 2 aliphatic heterocycles. The van der Waals surface area contributed by atoms with Crippen LogP contribution in [0.15, 0.2) is 23.1 Å². The predicted molar refractivity (Wildman–Crippen MR) is 76.3 cm³/mol. The van der Waals surface area contributed by atoms with Gasteiger partial charge in [-0.05, 0) is 37.5 Å². The first kappa shape index (κ1) is 14.7. The monoisotopic (exact) mass is 314 g/mol. The average molecular weight is 314 g/mol. The third-order valence-electron chi connectivity index (χ3n) is 4.25. The number of benzene rings is 1. The van der Waals surface area contributed by atoms with Crippen molar-refractivity contribution in [2.24, 2.45) is 0 Å². The van der Waals surface area contributed by atoms with E-state index in [1.807, 2.05) is 0 Å². The van der Waals surface area contributed by atoms with Crippen LogP contribution in [-0.2, 0) is 10.0 Å². The van der Waals surface area contributed by atoms with E-state index in [2.05, 4.69) is 5.32 Å². The lowest BCUT2D eigenvalue weighted by Crippen LogP contribution is -2.39. The summed E-state index contributed by atoms with van der Waals surface area (Å²) in [5, 5.41) is 3.44. The highest BCUT2D eigenvalue weighted by molar-refractivity contribution is 7.89. The van der Waals surface area contributed by atoms with Crippen LogP contribution in [0.4, 0.5) is 4.39 Å². The zero-order valence-corrected chi connectivity index (χ0v) is 12.7. The van der Waals surface area contributed by atoms with Gasteiger partial charge in [0.05, 0.1) is 12.0 Å². The Labute approximate surface area is 124 Å². The first-order chi connectivity index (χ1) is 10.0. The Morgan fingerprint density at radius 1 is 1.29 bits per heavy atom. The van der Waals surface area contributed by atoms with E-state index in [0.29, 0.717) is 19.1 Å². The van der Waals surface area contributed by atoms with Crippen LogP contribution >= 0.6 is 0 Å². The van der Waals surface area contributed by atoms with E-state index < -0.39 is 15.8 Å². The van der Waals surface area contributed by atoms with Crippen LogP contribution in [-0.4, -0.2) is 45.0 Å². The average Bonchev–Trinajstić information content (AvgIpc) is 2.77. The Hall–Kier alpha value is -1.18. The van der Waals surface area contributed by atoms with E-state index in [1.54, 1.807) is 0 Å². The van der Waals surface area contributed by atoms with Crippen molar-refractivity contribution in [3.63, 3.8) is 0 Å². The minimum atomic E-state index is -3.66. The summed E-state index contributed by atoms with van der Waals surface area (Å²) in [5.41, 5.74) is 0. The van der Waals surface area contributed by atoms with Crippen LogP contribution in [0, 0.1) is 5.82 Å². The molecule has 1 aromatic rings. The van der Waals surface area contributed by atoms with Crippen LogP contribution < -0.4 is 10.1 Å². The summed E-state index contributed by atoms with van der Waals surface area (Å²) in [4.78, 5) is -0.0152. The summed E-state index contributed by atoms with van der Waals surface area (Å²) < 4.78 is 45.4. The SMILES string of the molecule is COc1ccc(S(=O)(=O)N2CCC3CCC(C2)N3)cc1F. The van der Waals surface area contributed by atoms with E-state index in [0.717, 1.165) is 25.3 Å². The molecular weight excluding hydrogens is 295 g/mol. The Bertz CT molecular complexity index is 635. The zero-order valence-electron chi connectivity index (χ0n) is 11.9. The third-order valence-corrected chi connectivity index (χ3v) is 6.11. The summed E-state index contributed by atoms with van der Waals surface area (Å²) in [7, 11) is -2.31. The summed E-state index contributed by atoms with van der Waals surface area (Å²) in [5.74, 6) is -0.612. The Morgan fingerprint density at radius 2 is 2.05 bits per heavy atom. The summed E-state index contributed by atoms with van der Waals surface area (Å²) in [6.45, 7) is 0.927. The van der Waals surface area contributed by atoms with Gasteiger partial charge < -0.3 is 10.1 Å². The highest BCUT2D eigenvalue weighted by Gasteiger charge is 2.35. The molecule has 2 unspecified atom stereocenters. The van der Waals surface area contributed by atoms with E-state index in [4.69, 9.17) is 4.74 Å². The van der Waals surface area contributed by atoms with Gasteiger partial charge in [0, 0.05) is 25.2 Å². The van der Waals surface area contributed by atoms with Gasteiger partial charge in [0.15, 0.2) is 11.6 Å². The lowest BCUT2D eigenvalue weighted by molar-refractivity contribution is 0.379. The minimum absolute atomic E-state index is 0.0152. The summed E-state index contributed by atoms with van der Waals surface area (Å²) in [6, 6.07) is 4.39. The van der Waals surface area contributed by atoms with Gasteiger partial charge in [-0.25, -0.2) is 12.8 Å². The van der Waals surface area contributed by atoms with Crippen LogP contribution in [0.5, 0.6) is 5.75 Å². The molecule has 2 atom stereocenters. The molecule has 0 spiro atoms. The molecule has 1 N–H and O–H groups in total. The largest absolute Gasteiger partial charge is 0.494 e. The molecule has 7 heteroatoms. The van der Waals surface area contributed by atoms with Gasteiger partial charge in [0.25, 0.3) is 0 Å². The van der Waals surface area contributed by atoms with Gasteiger partial charge >= 0.3 is 0 Å². The standard InChI is InChI=1S/C14H19FN2O3S/c1-20-14-5-4-12(8-13(14)15)21(18,19)17-7-6-10-2-3-11(9-17)16-10/h4-5,8,10-11,16H,2-3,6-7,9H2,1H3. The van der Waals surface area contributed by atoms with E-state index in [1.165, 1.54) is 23.5 Å². The second-order valence-corrected chi connectivity index (χ2v) is 7.52. The molecule has 5 nitrogen and oxygen atoms in total. The lowest BCUT2D eigenvalue weighted by atomic mass is 10.1. The van der Waals surface area contributed by atoms with Crippen molar-refractivity contribution in [2.75, 3.05) is 20.2 Å². The molecule has 2 saturated heterocycles. The van der Waals surface area contributed by atoms with Gasteiger partial charge in [-0.15, -0.1) is 0 Å². The smallest absolute Gasteiger partial charge is 0.243 e. The number of sulfonamides is 1. The van der Waals surface area contributed by atoms with Crippen molar-refractivity contribution >= 4 is 10.0 Å². The van der Waals surface area contributed by atoms with Gasteiger partial charge in [-0.1, -0.05) is 0 Å². The Balaban J connectivity index is 1.87. The van der Waals surface area contributed by atoms with Crippen molar-refractivity contribution in [3.05, 3.63) is 24.0 Å². The van der Waals surface area contributed by atoms with Crippen molar-refractivity contribution in [1.29, 1.82) is 0 Å². The van der Waals surface area contributed by atoms with Crippen molar-refractivity contribution < 1.29 is 17.5 Å². The van der Waals surface area contributed by atoms with Gasteiger partial charge in [-0.2, -0.15) is 4.31 Å². The van der Waals surface area contributed by atoms with Crippen LogP contribution in [0.3, 0.4) is 0 Å². The molecule has 3 rings (SSSR count). The van der Waals surface area contributed by atoms with Gasteiger partial charge in [0.2, 0.25) is 10.0 Å². The Kier molecular flexibility index (Phi) is 3.90. The maximum absolute atomic E-state index is 13.8. The first-order valence-electron chi connectivity index (χ1n) is 7.10. The van der Waals surface area contributed by atoms with Crippen molar-refractivity contribution in [1.82, 2.24) is 9.62 Å². The molecule has 116 valence electrons. The maximum Gasteiger partial charge on any atom is 0.243 e. The highest BCUT2D eigenvalue weighted by atomic mass is 32.2. The molecule has 2 aliphatic rings. The molecule has 1 aromatic carbocycles. The Morgan fingerprint density at radius 3 is 2.76 bits per heavy atom. The molecule has 2 heterocycles.